The van der Waals surface area contributed by atoms with Crippen molar-refractivity contribution < 1.29 is 4.74 Å². The van der Waals surface area contributed by atoms with Crippen molar-refractivity contribution in [2.24, 2.45) is 0 Å². The molecule has 0 spiro atoms. The predicted octanol–water partition coefficient (Wildman–Crippen LogP) is 4.25. The maximum absolute atomic E-state index is 6.12. The maximum Gasteiger partial charge on any atom is 0.137 e. The fourth-order valence-electron chi connectivity index (χ4n) is 2.13. The van der Waals surface area contributed by atoms with Gasteiger partial charge >= 0.3 is 0 Å². The number of aromatic nitrogens is 1. The number of methoxy groups -OCH3 is 1. The highest BCUT2D eigenvalue weighted by Gasteiger charge is 2.04. The van der Waals surface area contributed by atoms with Crippen LogP contribution in [0.2, 0.25) is 5.02 Å². The van der Waals surface area contributed by atoms with E-state index in [1.54, 1.807) is 18.4 Å². The molecule has 3 aromatic rings. The topological polar surface area (TPSA) is 34.1 Å². The van der Waals surface area contributed by atoms with Crippen molar-refractivity contribution in [3.05, 3.63) is 58.1 Å². The van der Waals surface area contributed by atoms with Crippen molar-refractivity contribution in [3.63, 3.8) is 0 Å². The Bertz CT molecular complexity index is 724. The van der Waals surface area contributed by atoms with Crippen LogP contribution in [-0.2, 0) is 13.1 Å². The first kappa shape index (κ1) is 14.3. The molecule has 0 aliphatic rings. The number of hydrogen-bond donors (Lipinski definition) is 1. The summed E-state index contributed by atoms with van der Waals surface area (Å²) in [6, 6.07) is 14.0. The second-order valence-electron chi connectivity index (χ2n) is 4.65. The number of nitrogens with one attached hydrogen (secondary N) is 1. The highest BCUT2D eigenvalue weighted by Crippen LogP contribution is 2.25. The molecule has 3 nitrogen and oxygen atoms in total. The van der Waals surface area contributed by atoms with Crippen LogP contribution in [0, 0.1) is 0 Å². The average Bonchev–Trinajstić information content (AvgIpc) is 2.90. The summed E-state index contributed by atoms with van der Waals surface area (Å²) in [4.78, 5) is 4.60. The molecule has 0 bridgehead atoms. The van der Waals surface area contributed by atoms with Crippen LogP contribution in [0.4, 0.5) is 0 Å². The molecule has 1 heterocycles. The maximum atomic E-state index is 6.12. The zero-order valence-corrected chi connectivity index (χ0v) is 13.2. The monoisotopic (exact) mass is 318 g/mol. The van der Waals surface area contributed by atoms with Crippen molar-refractivity contribution in [2.45, 2.75) is 13.1 Å². The Morgan fingerprint density at radius 3 is 2.81 bits per heavy atom. The summed E-state index contributed by atoms with van der Waals surface area (Å²) in [6.07, 6.45) is 0. The summed E-state index contributed by atoms with van der Waals surface area (Å²) in [6.45, 7) is 1.50. The van der Waals surface area contributed by atoms with E-state index in [2.05, 4.69) is 16.4 Å². The van der Waals surface area contributed by atoms with Gasteiger partial charge in [-0.15, -0.1) is 11.3 Å². The lowest BCUT2D eigenvalue weighted by Gasteiger charge is -2.06. The Morgan fingerprint density at radius 1 is 1.19 bits per heavy atom. The molecule has 0 saturated heterocycles. The minimum atomic E-state index is 0.636. The lowest BCUT2D eigenvalue weighted by atomic mass is 10.2. The molecule has 21 heavy (non-hydrogen) atoms. The first-order valence-electron chi connectivity index (χ1n) is 6.64. The number of halogens is 1. The van der Waals surface area contributed by atoms with Crippen molar-refractivity contribution in [1.29, 1.82) is 0 Å². The van der Waals surface area contributed by atoms with Gasteiger partial charge in [0.1, 0.15) is 10.8 Å². The van der Waals surface area contributed by atoms with E-state index in [4.69, 9.17) is 16.3 Å². The molecule has 0 amide bonds. The Hall–Kier alpha value is -1.62. The molecular weight excluding hydrogens is 304 g/mol. The number of rotatable bonds is 5. The van der Waals surface area contributed by atoms with Gasteiger partial charge in [0.25, 0.3) is 0 Å². The van der Waals surface area contributed by atoms with Gasteiger partial charge in [0.2, 0.25) is 0 Å². The Balaban J connectivity index is 1.61. The first-order chi connectivity index (χ1) is 10.3. The van der Waals surface area contributed by atoms with Gasteiger partial charge in [-0.3, -0.25) is 0 Å². The van der Waals surface area contributed by atoms with E-state index in [0.29, 0.717) is 10.8 Å². The van der Waals surface area contributed by atoms with Gasteiger partial charge in [0, 0.05) is 13.1 Å². The van der Waals surface area contributed by atoms with Crippen LogP contribution in [-0.4, -0.2) is 12.1 Å². The molecule has 0 aliphatic carbocycles. The van der Waals surface area contributed by atoms with Crippen LogP contribution < -0.4 is 10.1 Å². The van der Waals surface area contributed by atoms with Gasteiger partial charge in [-0.25, -0.2) is 4.98 Å². The molecule has 0 atom stereocenters. The molecule has 108 valence electrons. The predicted molar refractivity (Wildman–Crippen MR) is 88.2 cm³/mol. The van der Waals surface area contributed by atoms with Gasteiger partial charge in [-0.2, -0.15) is 0 Å². The molecule has 1 N–H and O–H groups in total. The molecule has 0 unspecified atom stereocenters. The van der Waals surface area contributed by atoms with Gasteiger partial charge in [0.05, 0.1) is 22.3 Å². The molecule has 0 saturated carbocycles. The van der Waals surface area contributed by atoms with Crippen LogP contribution >= 0.6 is 22.9 Å². The van der Waals surface area contributed by atoms with Gasteiger partial charge in [0.15, 0.2) is 0 Å². The number of hydrogen-bond acceptors (Lipinski definition) is 4. The van der Waals surface area contributed by atoms with E-state index in [0.717, 1.165) is 29.2 Å². The number of ether oxygens (including phenoxy) is 1. The number of nitrogens with zero attached hydrogens (tertiary/aromatic N) is 1. The summed E-state index contributed by atoms with van der Waals surface area (Å²) in [7, 11) is 1.62. The molecule has 2 aromatic carbocycles. The smallest absolute Gasteiger partial charge is 0.137 e. The van der Waals surface area contributed by atoms with Gasteiger partial charge in [-0.1, -0.05) is 29.8 Å². The molecular formula is C16H15ClN2OS. The summed E-state index contributed by atoms with van der Waals surface area (Å²) in [5.41, 5.74) is 2.19. The Labute approximate surface area is 132 Å². The summed E-state index contributed by atoms with van der Waals surface area (Å²) >= 11 is 7.84. The van der Waals surface area contributed by atoms with Crippen LogP contribution in [0.5, 0.6) is 5.75 Å². The molecule has 3 rings (SSSR count). The minimum absolute atomic E-state index is 0.636. The van der Waals surface area contributed by atoms with E-state index in [9.17, 15) is 0 Å². The van der Waals surface area contributed by atoms with Crippen molar-refractivity contribution in [3.8, 4) is 5.75 Å². The molecule has 0 radical (unpaired) electrons. The third-order valence-electron chi connectivity index (χ3n) is 3.16. The Morgan fingerprint density at radius 2 is 2.05 bits per heavy atom. The number of benzene rings is 2. The summed E-state index contributed by atoms with van der Waals surface area (Å²) in [5, 5.41) is 5.12. The first-order valence-corrected chi connectivity index (χ1v) is 7.83. The molecule has 0 fully saturated rings. The van der Waals surface area contributed by atoms with Crippen molar-refractivity contribution >= 4 is 33.2 Å². The fourth-order valence-corrected chi connectivity index (χ4v) is 3.35. The fraction of sp³-hybridized carbons (Fsp3) is 0.188. The Kier molecular flexibility index (Phi) is 4.39. The van der Waals surface area contributed by atoms with Gasteiger partial charge in [-0.05, 0) is 29.8 Å². The quantitative estimate of drug-likeness (QED) is 0.763. The van der Waals surface area contributed by atoms with Crippen molar-refractivity contribution in [2.75, 3.05) is 7.11 Å². The minimum Gasteiger partial charge on any atom is -0.495 e. The lowest BCUT2D eigenvalue weighted by molar-refractivity contribution is 0.415. The van der Waals surface area contributed by atoms with E-state index < -0.39 is 0 Å². The number of thiazole rings is 1. The van der Waals surface area contributed by atoms with E-state index in [1.165, 1.54) is 4.70 Å². The average molecular weight is 319 g/mol. The number of fused-ring (bicyclic) bond motifs is 1. The third-order valence-corrected chi connectivity index (χ3v) is 4.49. The molecule has 1 aromatic heterocycles. The SMILES string of the molecule is COc1ccc(CNCc2nc3ccccc3s2)cc1Cl. The largest absolute Gasteiger partial charge is 0.495 e. The van der Waals surface area contributed by atoms with E-state index in [1.807, 2.05) is 36.4 Å². The normalized spacial score (nSPS) is 11.0. The van der Waals surface area contributed by atoms with Crippen LogP contribution in [0.1, 0.15) is 10.6 Å². The van der Waals surface area contributed by atoms with E-state index in [-0.39, 0.29) is 0 Å². The van der Waals surface area contributed by atoms with Crippen LogP contribution in [0.3, 0.4) is 0 Å². The van der Waals surface area contributed by atoms with Crippen LogP contribution in [0.15, 0.2) is 42.5 Å². The highest BCUT2D eigenvalue weighted by atomic mass is 35.5. The summed E-state index contributed by atoms with van der Waals surface area (Å²) < 4.78 is 6.37. The lowest BCUT2D eigenvalue weighted by Crippen LogP contribution is -2.12. The highest BCUT2D eigenvalue weighted by molar-refractivity contribution is 7.18. The number of para-hydroxylation sites is 1. The van der Waals surface area contributed by atoms with E-state index >= 15 is 0 Å². The second kappa shape index (κ2) is 6.43. The van der Waals surface area contributed by atoms with Crippen LogP contribution in [0.25, 0.3) is 10.2 Å². The zero-order chi connectivity index (χ0) is 14.7. The zero-order valence-electron chi connectivity index (χ0n) is 11.6. The summed E-state index contributed by atoms with van der Waals surface area (Å²) in [5.74, 6) is 0.701. The van der Waals surface area contributed by atoms with Crippen molar-refractivity contribution in [1.82, 2.24) is 10.3 Å². The molecule has 0 aliphatic heterocycles. The second-order valence-corrected chi connectivity index (χ2v) is 6.17. The third kappa shape index (κ3) is 3.35. The molecule has 5 heteroatoms. The standard InChI is InChI=1S/C16H15ClN2OS/c1-20-14-7-6-11(8-12(14)17)9-18-10-16-19-13-4-2-3-5-15(13)21-16/h2-8,18H,9-10H2,1H3. The van der Waals surface area contributed by atoms with Gasteiger partial charge < -0.3 is 10.1 Å².